The summed E-state index contributed by atoms with van der Waals surface area (Å²) in [6.45, 7) is 3.86. The SMILES string of the molecule is [CH2-]CCCCCCC1C(O)CC(O)C1CCC(O)CSc1ccccc1F. The van der Waals surface area contributed by atoms with Gasteiger partial charge in [-0.2, -0.15) is 6.42 Å². The van der Waals surface area contributed by atoms with Gasteiger partial charge in [0.1, 0.15) is 5.82 Å². The summed E-state index contributed by atoms with van der Waals surface area (Å²) in [5.74, 6) is 0.331. The second-order valence-electron chi connectivity index (χ2n) is 7.73. The van der Waals surface area contributed by atoms with Crippen LogP contribution in [0.25, 0.3) is 0 Å². The summed E-state index contributed by atoms with van der Waals surface area (Å²) < 4.78 is 13.6. The van der Waals surface area contributed by atoms with Crippen molar-refractivity contribution in [1.29, 1.82) is 0 Å². The van der Waals surface area contributed by atoms with Crippen molar-refractivity contribution in [2.75, 3.05) is 5.75 Å². The first kappa shape index (κ1) is 22.7. The lowest BCUT2D eigenvalue weighted by molar-refractivity contribution is 0.0871. The predicted octanol–water partition coefficient (Wildman–Crippen LogP) is 4.59. The van der Waals surface area contributed by atoms with E-state index in [0.29, 0.717) is 29.9 Å². The summed E-state index contributed by atoms with van der Waals surface area (Å²) >= 11 is 1.32. The Morgan fingerprint density at radius 3 is 2.41 bits per heavy atom. The Morgan fingerprint density at radius 2 is 1.70 bits per heavy atom. The molecule has 27 heavy (non-hydrogen) atoms. The van der Waals surface area contributed by atoms with E-state index in [0.717, 1.165) is 32.1 Å². The van der Waals surface area contributed by atoms with Gasteiger partial charge in [0.25, 0.3) is 0 Å². The van der Waals surface area contributed by atoms with Gasteiger partial charge in [-0.3, -0.25) is 0 Å². The standard InChI is InChI=1S/C22H34FO3S/c1-2-3-4-5-6-9-17-18(21(26)14-20(17)25)13-12-16(24)15-27-22-11-8-7-10-19(22)23/h7-8,10-11,16-18,20-21,24-26H,1-6,9,12-15H2/q-1. The van der Waals surface area contributed by atoms with Crippen LogP contribution in [-0.4, -0.2) is 39.4 Å². The second kappa shape index (κ2) is 12.1. The summed E-state index contributed by atoms with van der Waals surface area (Å²) in [4.78, 5) is 0.549. The molecule has 3 nitrogen and oxygen atoms in total. The van der Waals surface area contributed by atoms with Crippen molar-refractivity contribution in [2.24, 2.45) is 11.8 Å². The highest BCUT2D eigenvalue weighted by Gasteiger charge is 2.40. The Morgan fingerprint density at radius 1 is 1.04 bits per heavy atom. The van der Waals surface area contributed by atoms with Crippen molar-refractivity contribution in [1.82, 2.24) is 0 Å². The first-order chi connectivity index (χ1) is 13.0. The normalized spacial score (nSPS) is 26.4. The van der Waals surface area contributed by atoms with Crippen LogP contribution in [0, 0.1) is 24.6 Å². The third kappa shape index (κ3) is 7.37. The summed E-state index contributed by atoms with van der Waals surface area (Å²) in [7, 11) is 0. The predicted molar refractivity (Wildman–Crippen MR) is 109 cm³/mol. The van der Waals surface area contributed by atoms with E-state index in [-0.39, 0.29) is 17.7 Å². The molecule has 1 fully saturated rings. The van der Waals surface area contributed by atoms with Gasteiger partial charge in [-0.1, -0.05) is 37.8 Å². The molecule has 5 heteroatoms. The van der Waals surface area contributed by atoms with Crippen LogP contribution in [0.2, 0.25) is 0 Å². The van der Waals surface area contributed by atoms with E-state index in [9.17, 15) is 19.7 Å². The quantitative estimate of drug-likeness (QED) is 0.274. The average molecular weight is 398 g/mol. The maximum Gasteiger partial charge on any atom is 0.136 e. The number of benzene rings is 1. The number of aliphatic hydroxyl groups is 3. The molecule has 0 amide bonds. The number of unbranched alkanes of at least 4 members (excludes halogenated alkanes) is 4. The van der Waals surface area contributed by atoms with Crippen molar-refractivity contribution in [3.63, 3.8) is 0 Å². The largest absolute Gasteiger partial charge is 0.393 e. The number of rotatable bonds is 12. The Hall–Kier alpha value is -0.620. The fourth-order valence-electron chi connectivity index (χ4n) is 4.11. The molecule has 1 aromatic rings. The molecule has 5 unspecified atom stereocenters. The first-order valence-corrected chi connectivity index (χ1v) is 11.2. The number of hydrogen-bond acceptors (Lipinski definition) is 4. The number of hydrogen-bond donors (Lipinski definition) is 3. The molecule has 0 heterocycles. The molecule has 0 aromatic heterocycles. The molecule has 0 saturated heterocycles. The molecule has 0 radical (unpaired) electrons. The molecule has 0 spiro atoms. The third-order valence-electron chi connectivity index (χ3n) is 5.66. The van der Waals surface area contributed by atoms with E-state index in [1.807, 2.05) is 0 Å². The van der Waals surface area contributed by atoms with Crippen molar-refractivity contribution >= 4 is 11.8 Å². The maximum absolute atomic E-state index is 13.6. The number of thioether (sulfide) groups is 1. The van der Waals surface area contributed by atoms with Gasteiger partial charge < -0.3 is 22.2 Å². The number of halogens is 1. The summed E-state index contributed by atoms with van der Waals surface area (Å²) in [5.41, 5.74) is 0. The highest BCUT2D eigenvalue weighted by Crippen LogP contribution is 2.39. The van der Waals surface area contributed by atoms with Gasteiger partial charge in [0, 0.05) is 10.6 Å². The zero-order chi connectivity index (χ0) is 19.6. The molecule has 1 aromatic carbocycles. The lowest BCUT2D eigenvalue weighted by Gasteiger charge is -2.24. The second-order valence-corrected chi connectivity index (χ2v) is 8.79. The van der Waals surface area contributed by atoms with Crippen LogP contribution in [0.15, 0.2) is 29.2 Å². The highest BCUT2D eigenvalue weighted by atomic mass is 32.2. The molecule has 2 rings (SSSR count). The van der Waals surface area contributed by atoms with Crippen molar-refractivity contribution in [3.05, 3.63) is 37.0 Å². The van der Waals surface area contributed by atoms with Crippen LogP contribution >= 0.6 is 11.8 Å². The molecular weight excluding hydrogens is 363 g/mol. The topological polar surface area (TPSA) is 60.7 Å². The van der Waals surface area contributed by atoms with Gasteiger partial charge in [-0.25, -0.2) is 4.39 Å². The van der Waals surface area contributed by atoms with Crippen LogP contribution in [-0.2, 0) is 0 Å². The van der Waals surface area contributed by atoms with Crippen LogP contribution in [0.3, 0.4) is 0 Å². The Kier molecular flexibility index (Phi) is 10.1. The molecule has 1 aliphatic carbocycles. The van der Waals surface area contributed by atoms with E-state index >= 15 is 0 Å². The zero-order valence-corrected chi connectivity index (χ0v) is 16.9. The summed E-state index contributed by atoms with van der Waals surface area (Å²) in [6.07, 6.45) is 6.65. The van der Waals surface area contributed by atoms with E-state index < -0.39 is 18.3 Å². The number of aliphatic hydroxyl groups excluding tert-OH is 3. The zero-order valence-electron chi connectivity index (χ0n) is 16.1. The van der Waals surface area contributed by atoms with Crippen LogP contribution in [0.5, 0.6) is 0 Å². The minimum atomic E-state index is -0.544. The van der Waals surface area contributed by atoms with Gasteiger partial charge >= 0.3 is 0 Å². The van der Waals surface area contributed by atoms with Gasteiger partial charge in [0.05, 0.1) is 18.3 Å². The highest BCUT2D eigenvalue weighted by molar-refractivity contribution is 7.99. The van der Waals surface area contributed by atoms with Crippen molar-refractivity contribution in [2.45, 2.75) is 81.0 Å². The minimum absolute atomic E-state index is 0.0425. The third-order valence-corrected chi connectivity index (χ3v) is 6.85. The molecule has 154 valence electrons. The minimum Gasteiger partial charge on any atom is -0.393 e. The molecule has 1 saturated carbocycles. The lowest BCUT2D eigenvalue weighted by atomic mass is 9.85. The van der Waals surface area contributed by atoms with Gasteiger partial charge in [-0.15, -0.1) is 11.8 Å². The van der Waals surface area contributed by atoms with Crippen LogP contribution in [0.4, 0.5) is 4.39 Å². The first-order valence-electron chi connectivity index (χ1n) is 10.2. The van der Waals surface area contributed by atoms with Gasteiger partial charge in [0.2, 0.25) is 0 Å². The molecule has 3 N–H and O–H groups in total. The summed E-state index contributed by atoms with van der Waals surface area (Å²) in [5, 5.41) is 30.9. The Bertz CT molecular complexity index is 542. The van der Waals surface area contributed by atoms with E-state index in [4.69, 9.17) is 0 Å². The molecule has 1 aliphatic rings. The monoisotopic (exact) mass is 397 g/mol. The van der Waals surface area contributed by atoms with Crippen molar-refractivity contribution in [3.8, 4) is 0 Å². The van der Waals surface area contributed by atoms with Gasteiger partial charge in [0.15, 0.2) is 0 Å². The fourth-order valence-corrected chi connectivity index (χ4v) is 5.03. The molecule has 0 bridgehead atoms. The summed E-state index contributed by atoms with van der Waals surface area (Å²) in [6, 6.07) is 6.58. The van der Waals surface area contributed by atoms with Crippen LogP contribution in [0.1, 0.15) is 57.8 Å². The Labute approximate surface area is 167 Å². The average Bonchev–Trinajstić information content (AvgIpc) is 2.92. The Balaban J connectivity index is 1.74. The fraction of sp³-hybridized carbons (Fsp3) is 0.682. The lowest BCUT2D eigenvalue weighted by Crippen LogP contribution is -2.24. The van der Waals surface area contributed by atoms with Crippen molar-refractivity contribution < 1.29 is 19.7 Å². The molecular formula is C22H34FO3S-. The van der Waals surface area contributed by atoms with E-state index in [1.54, 1.807) is 18.2 Å². The maximum atomic E-state index is 13.6. The molecule has 0 aliphatic heterocycles. The van der Waals surface area contributed by atoms with Crippen LogP contribution < -0.4 is 0 Å². The smallest absolute Gasteiger partial charge is 0.136 e. The van der Waals surface area contributed by atoms with Gasteiger partial charge in [-0.05, 0) is 49.7 Å². The molecule has 5 atom stereocenters. The van der Waals surface area contributed by atoms with E-state index in [1.165, 1.54) is 24.2 Å². The van der Waals surface area contributed by atoms with E-state index in [2.05, 4.69) is 6.92 Å².